The van der Waals surface area contributed by atoms with Crippen molar-refractivity contribution >= 4 is 5.91 Å². The summed E-state index contributed by atoms with van der Waals surface area (Å²) in [5.41, 5.74) is 0. The highest BCUT2D eigenvalue weighted by atomic mass is 16.1. The number of hydrogen-bond donors (Lipinski definition) is 1. The van der Waals surface area contributed by atoms with Gasteiger partial charge in [0, 0.05) is 19.5 Å². The van der Waals surface area contributed by atoms with Gasteiger partial charge >= 0.3 is 0 Å². The van der Waals surface area contributed by atoms with Crippen molar-refractivity contribution in [2.24, 2.45) is 0 Å². The molecule has 0 saturated carbocycles. The first-order chi connectivity index (χ1) is 4.66. The van der Waals surface area contributed by atoms with Crippen LogP contribution in [0.15, 0.2) is 0 Å². The third-order valence-corrected chi connectivity index (χ3v) is 1.11. The number of nitrogens with one attached hydrogen (secondary N) is 1. The van der Waals surface area contributed by atoms with Crippen LogP contribution in [0.3, 0.4) is 0 Å². The summed E-state index contributed by atoms with van der Waals surface area (Å²) in [5.74, 6) is 0.0156. The second-order valence-electron chi connectivity index (χ2n) is 2.40. The Morgan fingerprint density at radius 1 is 1.60 bits per heavy atom. The predicted octanol–water partition coefficient (Wildman–Crippen LogP) is -0.112. The van der Waals surface area contributed by atoms with Gasteiger partial charge in [0.1, 0.15) is 0 Å². The summed E-state index contributed by atoms with van der Waals surface area (Å²) in [6.45, 7) is 5.05. The van der Waals surface area contributed by atoms with Gasteiger partial charge in [-0.05, 0) is 21.0 Å². The third kappa shape index (κ3) is 5.56. The lowest BCUT2D eigenvalue weighted by Crippen LogP contribution is -2.30. The maximum atomic E-state index is 10.6. The average molecular weight is 143 g/mol. The molecular formula is C7H15N2O. The normalized spacial score (nSPS) is 10.0. The van der Waals surface area contributed by atoms with Crippen LogP contribution in [0.1, 0.15) is 6.42 Å². The van der Waals surface area contributed by atoms with E-state index in [-0.39, 0.29) is 5.91 Å². The van der Waals surface area contributed by atoms with Crippen molar-refractivity contribution in [3.63, 3.8) is 0 Å². The van der Waals surface area contributed by atoms with Crippen LogP contribution in [-0.2, 0) is 4.79 Å². The fourth-order valence-electron chi connectivity index (χ4n) is 0.507. The van der Waals surface area contributed by atoms with Crippen LogP contribution in [0.2, 0.25) is 0 Å². The Kier molecular flexibility index (Phi) is 4.94. The second-order valence-corrected chi connectivity index (χ2v) is 2.40. The molecule has 0 spiro atoms. The van der Waals surface area contributed by atoms with Gasteiger partial charge in [0.25, 0.3) is 0 Å². The molecule has 0 bridgehead atoms. The van der Waals surface area contributed by atoms with Crippen molar-refractivity contribution < 1.29 is 4.79 Å². The average Bonchev–Trinajstić information content (AvgIpc) is 1.87. The Bertz CT molecular complexity index is 102. The van der Waals surface area contributed by atoms with E-state index in [2.05, 4.69) is 12.2 Å². The Labute approximate surface area is 62.4 Å². The number of nitrogens with zero attached hydrogens (tertiary/aromatic N) is 1. The fourth-order valence-corrected chi connectivity index (χ4v) is 0.507. The zero-order valence-electron chi connectivity index (χ0n) is 6.68. The minimum atomic E-state index is 0.0156. The molecule has 59 valence electrons. The molecule has 0 aromatic heterocycles. The molecule has 1 N–H and O–H groups in total. The van der Waals surface area contributed by atoms with E-state index in [1.165, 1.54) is 0 Å². The molecule has 10 heavy (non-hydrogen) atoms. The van der Waals surface area contributed by atoms with E-state index >= 15 is 0 Å². The van der Waals surface area contributed by atoms with Crippen LogP contribution in [0.4, 0.5) is 0 Å². The molecule has 0 aliphatic heterocycles. The maximum absolute atomic E-state index is 10.6. The van der Waals surface area contributed by atoms with E-state index in [0.717, 1.165) is 6.54 Å². The standard InChI is InChI=1S/C7H15N2O/c1-4-7(10)8-5-6-9(2)3/h1,4-6H2,2-3H3,(H,8,10). The molecule has 0 saturated heterocycles. The van der Waals surface area contributed by atoms with Gasteiger partial charge in [-0.2, -0.15) is 0 Å². The smallest absolute Gasteiger partial charge is 0.220 e. The van der Waals surface area contributed by atoms with E-state index in [1.54, 1.807) is 0 Å². The fraction of sp³-hybridized carbons (Fsp3) is 0.714. The van der Waals surface area contributed by atoms with E-state index < -0.39 is 0 Å². The van der Waals surface area contributed by atoms with Gasteiger partial charge < -0.3 is 10.2 Å². The molecule has 0 heterocycles. The lowest BCUT2D eigenvalue weighted by atomic mass is 10.4. The Balaban J connectivity index is 3.12. The van der Waals surface area contributed by atoms with Crippen molar-refractivity contribution in [3.05, 3.63) is 6.92 Å². The first-order valence-electron chi connectivity index (χ1n) is 3.37. The molecule has 0 atom stereocenters. The Morgan fingerprint density at radius 2 is 2.20 bits per heavy atom. The topological polar surface area (TPSA) is 32.3 Å². The highest BCUT2D eigenvalue weighted by Gasteiger charge is 1.94. The summed E-state index contributed by atoms with van der Waals surface area (Å²) in [7, 11) is 3.94. The van der Waals surface area contributed by atoms with E-state index in [0.29, 0.717) is 13.0 Å². The van der Waals surface area contributed by atoms with E-state index in [4.69, 9.17) is 0 Å². The molecule has 0 fully saturated rings. The molecule has 3 heteroatoms. The van der Waals surface area contributed by atoms with Crippen LogP contribution in [0, 0.1) is 6.92 Å². The monoisotopic (exact) mass is 143 g/mol. The zero-order valence-corrected chi connectivity index (χ0v) is 6.68. The number of hydrogen-bond acceptors (Lipinski definition) is 2. The lowest BCUT2D eigenvalue weighted by Gasteiger charge is -2.09. The van der Waals surface area contributed by atoms with Crippen LogP contribution in [-0.4, -0.2) is 38.0 Å². The summed E-state index contributed by atoms with van der Waals surface area (Å²) < 4.78 is 0. The van der Waals surface area contributed by atoms with Crippen LogP contribution < -0.4 is 5.32 Å². The Hall–Kier alpha value is -0.570. The molecule has 0 aromatic rings. The summed E-state index contributed by atoms with van der Waals surface area (Å²) >= 11 is 0. The third-order valence-electron chi connectivity index (χ3n) is 1.11. The minimum Gasteiger partial charge on any atom is -0.355 e. The van der Waals surface area contributed by atoms with Crippen LogP contribution >= 0.6 is 0 Å². The van der Waals surface area contributed by atoms with Gasteiger partial charge in [-0.15, -0.1) is 0 Å². The van der Waals surface area contributed by atoms with Gasteiger partial charge in [-0.25, -0.2) is 0 Å². The van der Waals surface area contributed by atoms with Crippen molar-refractivity contribution in [1.82, 2.24) is 10.2 Å². The van der Waals surface area contributed by atoms with Crippen LogP contribution in [0.25, 0.3) is 0 Å². The molecule has 0 aliphatic rings. The highest BCUT2D eigenvalue weighted by Crippen LogP contribution is 1.74. The number of amides is 1. The SMILES string of the molecule is [CH2]CC(=O)NCCN(C)C. The molecule has 1 radical (unpaired) electrons. The summed E-state index contributed by atoms with van der Waals surface area (Å²) in [6.07, 6.45) is 0.327. The molecule has 0 aliphatic carbocycles. The van der Waals surface area contributed by atoms with Gasteiger partial charge in [0.2, 0.25) is 5.91 Å². The molecule has 0 unspecified atom stereocenters. The zero-order chi connectivity index (χ0) is 7.98. The predicted molar refractivity (Wildman–Crippen MR) is 41.5 cm³/mol. The number of carbonyl (C=O) groups excluding carboxylic acids is 1. The number of carbonyl (C=O) groups is 1. The summed E-state index contributed by atoms with van der Waals surface area (Å²) in [5, 5.41) is 2.72. The molecule has 3 nitrogen and oxygen atoms in total. The van der Waals surface area contributed by atoms with Crippen molar-refractivity contribution in [2.75, 3.05) is 27.2 Å². The van der Waals surface area contributed by atoms with Crippen molar-refractivity contribution in [3.8, 4) is 0 Å². The number of likely N-dealkylation sites (N-methyl/N-ethyl adjacent to an activating group) is 1. The first kappa shape index (κ1) is 9.43. The van der Waals surface area contributed by atoms with E-state index in [1.807, 2.05) is 19.0 Å². The van der Waals surface area contributed by atoms with Gasteiger partial charge in [0.15, 0.2) is 0 Å². The largest absolute Gasteiger partial charge is 0.355 e. The van der Waals surface area contributed by atoms with Gasteiger partial charge in [0.05, 0.1) is 0 Å². The lowest BCUT2D eigenvalue weighted by molar-refractivity contribution is -0.120. The first-order valence-corrected chi connectivity index (χ1v) is 3.37. The molecule has 0 rings (SSSR count). The second kappa shape index (κ2) is 5.23. The molecule has 0 aromatic carbocycles. The number of rotatable bonds is 4. The van der Waals surface area contributed by atoms with Crippen LogP contribution in [0.5, 0.6) is 0 Å². The summed E-state index contributed by atoms with van der Waals surface area (Å²) in [4.78, 5) is 12.6. The Morgan fingerprint density at radius 3 is 2.60 bits per heavy atom. The van der Waals surface area contributed by atoms with Gasteiger partial charge in [-0.3, -0.25) is 4.79 Å². The van der Waals surface area contributed by atoms with Crippen molar-refractivity contribution in [1.29, 1.82) is 0 Å². The summed E-state index contributed by atoms with van der Waals surface area (Å²) in [6, 6.07) is 0. The minimum absolute atomic E-state index is 0.0156. The van der Waals surface area contributed by atoms with Gasteiger partial charge in [-0.1, -0.05) is 0 Å². The quantitative estimate of drug-likeness (QED) is 0.595. The van der Waals surface area contributed by atoms with E-state index in [9.17, 15) is 4.79 Å². The molecular weight excluding hydrogens is 128 g/mol. The molecule has 1 amide bonds. The highest BCUT2D eigenvalue weighted by molar-refractivity contribution is 5.76. The van der Waals surface area contributed by atoms with Crippen molar-refractivity contribution in [2.45, 2.75) is 6.42 Å². The maximum Gasteiger partial charge on any atom is 0.220 e.